The number of carbonyl (C=O) groups excluding carboxylic acids is 2. The van der Waals surface area contributed by atoms with E-state index in [-0.39, 0.29) is 31.2 Å². The van der Waals surface area contributed by atoms with Gasteiger partial charge in [-0.15, -0.1) is 0 Å². The maximum atomic E-state index is 14.3. The molecule has 176 valence electrons. The third-order valence-corrected chi connectivity index (χ3v) is 7.31. The quantitative estimate of drug-likeness (QED) is 0.377. The Morgan fingerprint density at radius 2 is 1.56 bits per heavy atom. The fraction of sp³-hybridized carbons (Fsp3) is 0.200. The highest BCUT2D eigenvalue weighted by atomic mass is 32.2. The van der Waals surface area contributed by atoms with Crippen LogP contribution in [0, 0.1) is 5.82 Å². The second-order valence-electron chi connectivity index (χ2n) is 7.60. The molecule has 0 aromatic heterocycles. The number of sulfonamides is 1. The van der Waals surface area contributed by atoms with Gasteiger partial charge in [0.25, 0.3) is 0 Å². The second-order valence-corrected chi connectivity index (χ2v) is 9.54. The third-order valence-electron chi connectivity index (χ3n) is 5.41. The number of hydrogen-bond donors (Lipinski definition) is 0. The van der Waals surface area contributed by atoms with Crippen molar-refractivity contribution in [3.63, 3.8) is 0 Å². The molecule has 4 rings (SSSR count). The molecule has 0 amide bonds. The van der Waals surface area contributed by atoms with Gasteiger partial charge in [0.15, 0.2) is 12.4 Å². The van der Waals surface area contributed by atoms with E-state index in [0.717, 1.165) is 29.3 Å². The Bertz CT molecular complexity index is 1290. The molecule has 1 fully saturated rings. The highest BCUT2D eigenvalue weighted by molar-refractivity contribution is 7.89. The number of ether oxygens (including phenoxy) is 2. The number of ketones is 1. The number of esters is 1. The molecular weight excluding hydrogens is 461 g/mol. The summed E-state index contributed by atoms with van der Waals surface area (Å²) in [5.74, 6) is -2.53. The van der Waals surface area contributed by atoms with Gasteiger partial charge in [-0.05, 0) is 29.3 Å². The number of hydrogen-bond acceptors (Lipinski definition) is 6. The number of halogens is 1. The van der Waals surface area contributed by atoms with Gasteiger partial charge in [0.05, 0.1) is 23.7 Å². The average molecular weight is 484 g/mol. The Balaban J connectivity index is 1.43. The number of nitrogens with zero attached hydrogens (tertiary/aromatic N) is 1. The minimum absolute atomic E-state index is 0.164. The summed E-state index contributed by atoms with van der Waals surface area (Å²) >= 11 is 0. The van der Waals surface area contributed by atoms with Crippen LogP contribution in [0.5, 0.6) is 0 Å². The Morgan fingerprint density at radius 3 is 2.24 bits per heavy atom. The van der Waals surface area contributed by atoms with Crippen molar-refractivity contribution in [1.29, 1.82) is 0 Å². The van der Waals surface area contributed by atoms with E-state index in [1.54, 1.807) is 24.3 Å². The molecule has 3 aromatic rings. The zero-order valence-corrected chi connectivity index (χ0v) is 19.0. The molecule has 0 saturated carbocycles. The molecule has 1 aliphatic rings. The molecule has 3 aromatic carbocycles. The van der Waals surface area contributed by atoms with Gasteiger partial charge in [-0.2, -0.15) is 4.31 Å². The highest BCUT2D eigenvalue weighted by Gasteiger charge is 2.28. The van der Waals surface area contributed by atoms with E-state index in [0.29, 0.717) is 5.56 Å². The number of carbonyl (C=O) groups is 2. The first-order valence-corrected chi connectivity index (χ1v) is 12.0. The maximum absolute atomic E-state index is 14.3. The van der Waals surface area contributed by atoms with Gasteiger partial charge in [-0.25, -0.2) is 17.6 Å². The summed E-state index contributed by atoms with van der Waals surface area (Å²) in [6.07, 6.45) is 0. The monoisotopic (exact) mass is 483 g/mol. The SMILES string of the molecule is O=C(COC(=O)c1cc(S(=O)(=O)N2CCOCC2)ccc1F)c1ccc(-c2ccccc2)cc1. The van der Waals surface area contributed by atoms with E-state index in [2.05, 4.69) is 0 Å². The van der Waals surface area contributed by atoms with Crippen molar-refractivity contribution >= 4 is 21.8 Å². The van der Waals surface area contributed by atoms with Crippen LogP contribution in [0.4, 0.5) is 4.39 Å². The maximum Gasteiger partial charge on any atom is 0.341 e. The summed E-state index contributed by atoms with van der Waals surface area (Å²) in [6.45, 7) is 0.227. The molecule has 0 radical (unpaired) electrons. The van der Waals surface area contributed by atoms with Crippen molar-refractivity contribution in [2.45, 2.75) is 4.90 Å². The summed E-state index contributed by atoms with van der Waals surface area (Å²) in [5, 5.41) is 0. The summed E-state index contributed by atoms with van der Waals surface area (Å²) in [7, 11) is -3.92. The minimum Gasteiger partial charge on any atom is -0.454 e. The number of rotatable bonds is 7. The van der Waals surface area contributed by atoms with E-state index in [9.17, 15) is 22.4 Å². The lowest BCUT2D eigenvalue weighted by Crippen LogP contribution is -2.40. The van der Waals surface area contributed by atoms with Crippen LogP contribution in [0.2, 0.25) is 0 Å². The molecule has 34 heavy (non-hydrogen) atoms. The number of morpholine rings is 1. The van der Waals surface area contributed by atoms with Gasteiger partial charge in [0.1, 0.15) is 5.82 Å². The molecule has 0 N–H and O–H groups in total. The lowest BCUT2D eigenvalue weighted by Gasteiger charge is -2.26. The molecular formula is C25H22FNO6S. The van der Waals surface area contributed by atoms with Crippen molar-refractivity contribution in [2.75, 3.05) is 32.9 Å². The Hall–Kier alpha value is -3.40. The molecule has 0 bridgehead atoms. The van der Waals surface area contributed by atoms with Gasteiger partial charge < -0.3 is 9.47 Å². The van der Waals surface area contributed by atoms with Crippen molar-refractivity contribution in [2.24, 2.45) is 0 Å². The van der Waals surface area contributed by atoms with Gasteiger partial charge >= 0.3 is 5.97 Å². The third kappa shape index (κ3) is 5.22. The molecule has 0 spiro atoms. The van der Waals surface area contributed by atoms with Gasteiger partial charge in [-0.3, -0.25) is 4.79 Å². The Morgan fingerprint density at radius 1 is 0.912 bits per heavy atom. The average Bonchev–Trinajstić information content (AvgIpc) is 2.88. The molecule has 0 atom stereocenters. The van der Waals surface area contributed by atoms with E-state index < -0.39 is 39.8 Å². The summed E-state index contributed by atoms with van der Waals surface area (Å²) in [6, 6.07) is 19.3. The predicted molar refractivity (Wildman–Crippen MR) is 122 cm³/mol. The van der Waals surface area contributed by atoms with Gasteiger partial charge in [-0.1, -0.05) is 54.6 Å². The largest absolute Gasteiger partial charge is 0.454 e. The van der Waals surface area contributed by atoms with Gasteiger partial charge in [0.2, 0.25) is 10.0 Å². The van der Waals surface area contributed by atoms with Crippen molar-refractivity contribution in [3.05, 3.63) is 89.7 Å². The fourth-order valence-electron chi connectivity index (χ4n) is 3.53. The summed E-state index contributed by atoms with van der Waals surface area (Å²) in [5.41, 5.74) is 1.70. The molecule has 0 aliphatic carbocycles. The van der Waals surface area contributed by atoms with Crippen molar-refractivity contribution in [3.8, 4) is 11.1 Å². The van der Waals surface area contributed by atoms with Crippen LogP contribution in [0.15, 0.2) is 77.7 Å². The second kappa shape index (κ2) is 10.3. The van der Waals surface area contributed by atoms with Crippen LogP contribution in [-0.4, -0.2) is 57.4 Å². The smallest absolute Gasteiger partial charge is 0.341 e. The normalized spacial score (nSPS) is 14.5. The molecule has 1 heterocycles. The first kappa shape index (κ1) is 23.7. The number of Topliss-reactive ketones (excluding diaryl/α,β-unsaturated/α-hetero) is 1. The zero-order chi connectivity index (χ0) is 24.1. The predicted octanol–water partition coefficient (Wildman–Crippen LogP) is 3.55. The number of benzene rings is 3. The fourth-order valence-corrected chi connectivity index (χ4v) is 4.96. The molecule has 1 aliphatic heterocycles. The van der Waals surface area contributed by atoms with Crippen molar-refractivity contribution in [1.82, 2.24) is 4.31 Å². The summed E-state index contributed by atoms with van der Waals surface area (Å²) in [4.78, 5) is 24.7. The van der Waals surface area contributed by atoms with Gasteiger partial charge in [0, 0.05) is 18.7 Å². The molecule has 9 heteroatoms. The lowest BCUT2D eigenvalue weighted by atomic mass is 10.0. The summed E-state index contributed by atoms with van der Waals surface area (Å²) < 4.78 is 51.2. The topological polar surface area (TPSA) is 90.0 Å². The van der Waals surface area contributed by atoms with Crippen LogP contribution in [0.3, 0.4) is 0 Å². The first-order valence-electron chi connectivity index (χ1n) is 10.6. The van der Waals surface area contributed by atoms with Crippen LogP contribution in [0.1, 0.15) is 20.7 Å². The molecule has 7 nitrogen and oxygen atoms in total. The molecule has 1 saturated heterocycles. The zero-order valence-electron chi connectivity index (χ0n) is 18.1. The highest BCUT2D eigenvalue weighted by Crippen LogP contribution is 2.22. The van der Waals surface area contributed by atoms with E-state index >= 15 is 0 Å². The van der Waals surface area contributed by atoms with Crippen LogP contribution in [0.25, 0.3) is 11.1 Å². The first-order chi connectivity index (χ1) is 16.4. The van der Waals surface area contributed by atoms with Crippen LogP contribution in [-0.2, 0) is 19.5 Å². The van der Waals surface area contributed by atoms with Crippen LogP contribution < -0.4 is 0 Å². The Kier molecular flexibility index (Phi) is 7.16. The van der Waals surface area contributed by atoms with Crippen molar-refractivity contribution < 1.29 is 31.9 Å². The Labute approximate surface area is 196 Å². The minimum atomic E-state index is -3.92. The van der Waals surface area contributed by atoms with E-state index in [1.165, 1.54) is 4.31 Å². The van der Waals surface area contributed by atoms with Crippen LogP contribution >= 0.6 is 0 Å². The standard InChI is InChI=1S/C25H22FNO6S/c26-23-11-10-21(34(30,31)27-12-14-32-15-13-27)16-22(23)25(29)33-17-24(28)20-8-6-19(7-9-20)18-4-2-1-3-5-18/h1-11,16H,12-15,17H2. The lowest BCUT2D eigenvalue weighted by molar-refractivity contribution is 0.0469. The van der Waals surface area contributed by atoms with E-state index in [4.69, 9.17) is 9.47 Å². The molecule has 0 unspecified atom stereocenters. The van der Waals surface area contributed by atoms with E-state index in [1.807, 2.05) is 30.3 Å².